The summed E-state index contributed by atoms with van der Waals surface area (Å²) in [5.41, 5.74) is 3.74. The zero-order valence-corrected chi connectivity index (χ0v) is 15.3. The molecule has 0 aliphatic heterocycles. The van der Waals surface area contributed by atoms with Gasteiger partial charge in [0.05, 0.1) is 25.6 Å². The predicted molar refractivity (Wildman–Crippen MR) is 103 cm³/mol. The number of amides is 1. The number of rotatable bonds is 6. The van der Waals surface area contributed by atoms with Crippen LogP contribution in [0.5, 0.6) is 11.5 Å². The standard InChI is InChI=1S/C21H21N3O3/c1-26-15-7-5-6-14(12-15)21(25)22-20-18(13-10-11-13)23-24-19(20)16-8-3-4-9-17(16)27-2/h3-9,12-13H,10-11H2,1-2H3,(H,22,25)(H,23,24). The van der Waals surface area contributed by atoms with Gasteiger partial charge in [-0.3, -0.25) is 9.89 Å². The fourth-order valence-corrected chi connectivity index (χ4v) is 3.13. The van der Waals surface area contributed by atoms with E-state index in [4.69, 9.17) is 9.47 Å². The Balaban J connectivity index is 1.73. The highest BCUT2D eigenvalue weighted by Gasteiger charge is 2.31. The molecule has 0 saturated heterocycles. The van der Waals surface area contributed by atoms with Crippen LogP contribution in [0.4, 0.5) is 5.69 Å². The summed E-state index contributed by atoms with van der Waals surface area (Å²) >= 11 is 0. The van der Waals surface area contributed by atoms with E-state index in [0.29, 0.717) is 28.7 Å². The topological polar surface area (TPSA) is 76.2 Å². The predicted octanol–water partition coefficient (Wildman–Crippen LogP) is 4.22. The number of H-pyrrole nitrogens is 1. The van der Waals surface area contributed by atoms with E-state index in [2.05, 4.69) is 15.5 Å². The Morgan fingerprint density at radius 2 is 1.93 bits per heavy atom. The van der Waals surface area contributed by atoms with Crippen LogP contribution in [0, 0.1) is 0 Å². The molecule has 138 valence electrons. The number of para-hydroxylation sites is 1. The first kappa shape index (κ1) is 17.1. The van der Waals surface area contributed by atoms with Crippen molar-refractivity contribution in [2.45, 2.75) is 18.8 Å². The number of ether oxygens (including phenoxy) is 2. The summed E-state index contributed by atoms with van der Waals surface area (Å²) in [5, 5.41) is 10.7. The Labute approximate surface area is 157 Å². The van der Waals surface area contributed by atoms with Gasteiger partial charge in [0.1, 0.15) is 17.2 Å². The molecule has 3 aromatic rings. The van der Waals surface area contributed by atoms with Gasteiger partial charge in [0.2, 0.25) is 0 Å². The molecule has 0 bridgehead atoms. The number of anilines is 1. The van der Waals surface area contributed by atoms with Gasteiger partial charge < -0.3 is 14.8 Å². The summed E-state index contributed by atoms with van der Waals surface area (Å²) in [5.74, 6) is 1.56. The molecule has 1 aromatic heterocycles. The van der Waals surface area contributed by atoms with E-state index in [1.54, 1.807) is 32.4 Å². The smallest absolute Gasteiger partial charge is 0.255 e. The van der Waals surface area contributed by atoms with Gasteiger partial charge in [-0.1, -0.05) is 18.2 Å². The lowest BCUT2D eigenvalue weighted by Gasteiger charge is -2.11. The van der Waals surface area contributed by atoms with E-state index < -0.39 is 0 Å². The summed E-state index contributed by atoms with van der Waals surface area (Å²) in [4.78, 5) is 12.9. The zero-order valence-electron chi connectivity index (χ0n) is 15.3. The van der Waals surface area contributed by atoms with Crippen molar-refractivity contribution in [3.05, 3.63) is 59.8 Å². The quantitative estimate of drug-likeness (QED) is 0.687. The zero-order chi connectivity index (χ0) is 18.8. The SMILES string of the molecule is COc1cccc(C(=O)Nc2c(-c3ccccc3OC)n[nH]c2C2CC2)c1. The van der Waals surface area contributed by atoms with E-state index >= 15 is 0 Å². The number of carbonyl (C=O) groups excluding carboxylic acids is 1. The van der Waals surface area contributed by atoms with Gasteiger partial charge in [0.25, 0.3) is 5.91 Å². The van der Waals surface area contributed by atoms with Crippen molar-refractivity contribution in [3.8, 4) is 22.8 Å². The van der Waals surface area contributed by atoms with E-state index in [9.17, 15) is 4.79 Å². The van der Waals surface area contributed by atoms with Crippen molar-refractivity contribution < 1.29 is 14.3 Å². The minimum atomic E-state index is -0.201. The average molecular weight is 363 g/mol. The van der Waals surface area contributed by atoms with E-state index in [1.165, 1.54) is 0 Å². The first-order valence-electron chi connectivity index (χ1n) is 8.88. The van der Waals surface area contributed by atoms with Crippen LogP contribution in [0.1, 0.15) is 34.8 Å². The van der Waals surface area contributed by atoms with Crippen LogP contribution in [0.15, 0.2) is 48.5 Å². The lowest BCUT2D eigenvalue weighted by Crippen LogP contribution is -2.13. The molecular weight excluding hydrogens is 342 g/mol. The molecule has 6 heteroatoms. The number of benzene rings is 2. The minimum absolute atomic E-state index is 0.201. The average Bonchev–Trinajstić information content (AvgIpc) is 3.48. The third-order valence-electron chi connectivity index (χ3n) is 4.71. The molecule has 0 spiro atoms. The third kappa shape index (κ3) is 3.38. The van der Waals surface area contributed by atoms with Gasteiger partial charge in [-0.05, 0) is 43.2 Å². The number of aromatic amines is 1. The van der Waals surface area contributed by atoms with Gasteiger partial charge in [-0.15, -0.1) is 0 Å². The Bertz CT molecular complexity index is 976. The van der Waals surface area contributed by atoms with Crippen molar-refractivity contribution in [1.82, 2.24) is 10.2 Å². The van der Waals surface area contributed by atoms with E-state index in [1.807, 2.05) is 30.3 Å². The molecule has 1 fully saturated rings. The summed E-state index contributed by atoms with van der Waals surface area (Å²) in [7, 11) is 3.21. The molecule has 1 heterocycles. The second-order valence-corrected chi connectivity index (χ2v) is 6.52. The first-order chi connectivity index (χ1) is 13.2. The highest BCUT2D eigenvalue weighted by Crippen LogP contribution is 2.46. The van der Waals surface area contributed by atoms with Crippen molar-refractivity contribution in [3.63, 3.8) is 0 Å². The maximum absolute atomic E-state index is 12.9. The molecule has 2 N–H and O–H groups in total. The van der Waals surface area contributed by atoms with Gasteiger partial charge >= 0.3 is 0 Å². The van der Waals surface area contributed by atoms with Crippen LogP contribution < -0.4 is 14.8 Å². The molecule has 0 unspecified atom stereocenters. The number of nitrogens with zero attached hydrogens (tertiary/aromatic N) is 1. The molecular formula is C21H21N3O3. The molecule has 27 heavy (non-hydrogen) atoms. The third-order valence-corrected chi connectivity index (χ3v) is 4.71. The molecule has 1 amide bonds. The van der Waals surface area contributed by atoms with Crippen molar-refractivity contribution in [1.29, 1.82) is 0 Å². The van der Waals surface area contributed by atoms with Crippen LogP contribution in [-0.4, -0.2) is 30.3 Å². The molecule has 4 rings (SSSR count). The van der Waals surface area contributed by atoms with Gasteiger partial charge in [-0.2, -0.15) is 5.10 Å². The van der Waals surface area contributed by atoms with E-state index in [-0.39, 0.29) is 5.91 Å². The Morgan fingerprint density at radius 3 is 2.67 bits per heavy atom. The number of hydrogen-bond acceptors (Lipinski definition) is 4. The fraction of sp³-hybridized carbons (Fsp3) is 0.238. The second kappa shape index (κ2) is 7.15. The Kier molecular flexibility index (Phi) is 4.54. The summed E-state index contributed by atoms with van der Waals surface area (Å²) in [6.45, 7) is 0. The largest absolute Gasteiger partial charge is 0.497 e. The maximum atomic E-state index is 12.9. The number of methoxy groups -OCH3 is 2. The second-order valence-electron chi connectivity index (χ2n) is 6.52. The molecule has 0 atom stereocenters. The fourth-order valence-electron chi connectivity index (χ4n) is 3.13. The van der Waals surface area contributed by atoms with Gasteiger partial charge in [0.15, 0.2) is 0 Å². The van der Waals surface area contributed by atoms with Gasteiger partial charge in [-0.25, -0.2) is 0 Å². The van der Waals surface area contributed by atoms with Crippen LogP contribution >= 0.6 is 0 Å². The number of carbonyl (C=O) groups is 1. The van der Waals surface area contributed by atoms with E-state index in [0.717, 1.165) is 29.8 Å². The monoisotopic (exact) mass is 363 g/mol. The first-order valence-corrected chi connectivity index (χ1v) is 8.88. The van der Waals surface area contributed by atoms with Gasteiger partial charge in [0, 0.05) is 17.0 Å². The molecule has 6 nitrogen and oxygen atoms in total. The molecule has 1 aliphatic rings. The maximum Gasteiger partial charge on any atom is 0.255 e. The van der Waals surface area contributed by atoms with Crippen molar-refractivity contribution >= 4 is 11.6 Å². The number of nitrogens with one attached hydrogen (secondary N) is 2. The lowest BCUT2D eigenvalue weighted by molar-refractivity contribution is 0.102. The van der Waals surface area contributed by atoms with Crippen LogP contribution in [-0.2, 0) is 0 Å². The van der Waals surface area contributed by atoms with Crippen LogP contribution in [0.2, 0.25) is 0 Å². The van der Waals surface area contributed by atoms with Crippen LogP contribution in [0.3, 0.4) is 0 Å². The number of hydrogen-bond donors (Lipinski definition) is 2. The lowest BCUT2D eigenvalue weighted by atomic mass is 10.1. The molecule has 1 saturated carbocycles. The van der Waals surface area contributed by atoms with Crippen LogP contribution in [0.25, 0.3) is 11.3 Å². The highest BCUT2D eigenvalue weighted by molar-refractivity contribution is 6.07. The highest BCUT2D eigenvalue weighted by atomic mass is 16.5. The molecule has 0 radical (unpaired) electrons. The molecule has 2 aromatic carbocycles. The summed E-state index contributed by atoms with van der Waals surface area (Å²) < 4.78 is 10.7. The number of aromatic nitrogens is 2. The molecule has 1 aliphatic carbocycles. The van der Waals surface area contributed by atoms with Crippen molar-refractivity contribution in [2.75, 3.05) is 19.5 Å². The van der Waals surface area contributed by atoms with Crippen molar-refractivity contribution in [2.24, 2.45) is 0 Å². The normalized spacial score (nSPS) is 13.3. The summed E-state index contributed by atoms with van der Waals surface area (Å²) in [6, 6.07) is 14.7. The minimum Gasteiger partial charge on any atom is -0.497 e. The Morgan fingerprint density at radius 1 is 1.11 bits per heavy atom. The summed E-state index contributed by atoms with van der Waals surface area (Å²) in [6.07, 6.45) is 2.19. The Hall–Kier alpha value is -3.28.